The maximum absolute atomic E-state index is 4.65. The molecule has 118 valence electrons. The van der Waals surface area contributed by atoms with E-state index >= 15 is 0 Å². The van der Waals surface area contributed by atoms with E-state index in [1.165, 1.54) is 0 Å². The van der Waals surface area contributed by atoms with Crippen LogP contribution in [0.1, 0.15) is 18.1 Å². The van der Waals surface area contributed by atoms with Crippen molar-refractivity contribution in [2.24, 2.45) is 5.92 Å². The van der Waals surface area contributed by atoms with Gasteiger partial charge in [0.2, 0.25) is 0 Å². The van der Waals surface area contributed by atoms with Crippen LogP contribution in [0.15, 0.2) is 60.8 Å². The average Bonchev–Trinajstić information content (AvgIpc) is 2.75. The van der Waals surface area contributed by atoms with Gasteiger partial charge in [-0.1, -0.05) is 74.7 Å². The summed E-state index contributed by atoms with van der Waals surface area (Å²) in [5, 5.41) is 1.39. The van der Waals surface area contributed by atoms with Crippen LogP contribution in [0, 0.1) is 5.92 Å². The maximum atomic E-state index is 4.65. The summed E-state index contributed by atoms with van der Waals surface area (Å²) in [6.45, 7) is 10.3. The van der Waals surface area contributed by atoms with Gasteiger partial charge in [-0.05, 0) is 29.2 Å². The number of benzene rings is 1. The molecule has 0 amide bonds. The molecule has 0 fully saturated rings. The van der Waals surface area contributed by atoms with Crippen LogP contribution < -0.4 is 10.7 Å². The van der Waals surface area contributed by atoms with Crippen LogP contribution >= 0.6 is 0 Å². The Balaban J connectivity index is 2.29. The summed E-state index contributed by atoms with van der Waals surface area (Å²) in [4.78, 5) is 9.12. The molecular weight excluding hydrogens is 292 g/mol. The van der Waals surface area contributed by atoms with Crippen molar-refractivity contribution in [3.05, 3.63) is 82.6 Å². The van der Waals surface area contributed by atoms with E-state index in [0.717, 1.165) is 22.4 Å². The van der Waals surface area contributed by atoms with Crippen LogP contribution in [0.5, 0.6) is 0 Å². The zero-order valence-corrected chi connectivity index (χ0v) is 13.8. The molecule has 0 spiro atoms. The molecular formula is C22H20N2. The Hall–Kier alpha value is -3.00. The summed E-state index contributed by atoms with van der Waals surface area (Å²) < 4.78 is 0. The van der Waals surface area contributed by atoms with Crippen LogP contribution in [0.4, 0.5) is 0 Å². The number of aromatic nitrogens is 2. The molecule has 1 aliphatic carbocycles. The van der Waals surface area contributed by atoms with Gasteiger partial charge >= 0.3 is 0 Å². The number of rotatable bonds is 1. The second-order valence-corrected chi connectivity index (χ2v) is 5.88. The van der Waals surface area contributed by atoms with E-state index in [-0.39, 0.29) is 0 Å². The summed E-state index contributed by atoms with van der Waals surface area (Å²) in [5.41, 5.74) is 3.91. The van der Waals surface area contributed by atoms with Crippen molar-refractivity contribution in [2.75, 3.05) is 0 Å². The lowest BCUT2D eigenvalue weighted by atomic mass is 10.1. The van der Waals surface area contributed by atoms with Crippen molar-refractivity contribution >= 4 is 25.3 Å². The molecule has 0 bridgehead atoms. The van der Waals surface area contributed by atoms with Gasteiger partial charge in [-0.15, -0.1) is 0 Å². The third-order valence-electron chi connectivity index (χ3n) is 3.82. The fourth-order valence-electron chi connectivity index (χ4n) is 2.53. The Morgan fingerprint density at radius 3 is 2.17 bits per heavy atom. The largest absolute Gasteiger partial charge is 0.255 e. The summed E-state index contributed by atoms with van der Waals surface area (Å²) in [6.07, 6.45) is 10.3. The molecule has 1 aromatic carbocycles. The molecule has 3 rings (SSSR count). The smallest absolute Gasteiger partial charge is 0.0891 e. The van der Waals surface area contributed by atoms with Gasteiger partial charge in [0.15, 0.2) is 0 Å². The van der Waals surface area contributed by atoms with Crippen LogP contribution in [-0.4, -0.2) is 9.97 Å². The topological polar surface area (TPSA) is 25.8 Å². The van der Waals surface area contributed by atoms with Gasteiger partial charge in [0.05, 0.1) is 22.6 Å². The second-order valence-electron chi connectivity index (χ2n) is 5.88. The van der Waals surface area contributed by atoms with Crippen LogP contribution in [-0.2, 0) is 0 Å². The zero-order valence-electron chi connectivity index (χ0n) is 13.8. The van der Waals surface area contributed by atoms with Crippen LogP contribution in [0.25, 0.3) is 36.6 Å². The van der Waals surface area contributed by atoms with Crippen molar-refractivity contribution in [1.82, 2.24) is 9.97 Å². The first-order chi connectivity index (χ1) is 11.6. The van der Waals surface area contributed by atoms with Crippen molar-refractivity contribution in [3.8, 4) is 11.3 Å². The fraction of sp³-hybridized carbons (Fsp3) is 0.0909. The molecule has 1 heterocycles. The Labute approximate surface area is 142 Å². The minimum Gasteiger partial charge on any atom is -0.255 e. The second kappa shape index (κ2) is 7.05. The summed E-state index contributed by atoms with van der Waals surface area (Å²) >= 11 is 0. The molecule has 1 atom stereocenters. The number of hydrogen-bond donors (Lipinski definition) is 0. The third-order valence-corrected chi connectivity index (χ3v) is 3.82. The lowest BCUT2D eigenvalue weighted by Gasteiger charge is -1.99. The lowest BCUT2D eigenvalue weighted by Crippen LogP contribution is -2.06. The van der Waals surface area contributed by atoms with Crippen molar-refractivity contribution in [3.63, 3.8) is 0 Å². The molecule has 1 aliphatic rings. The number of hydrogen-bond acceptors (Lipinski definition) is 2. The highest BCUT2D eigenvalue weighted by molar-refractivity contribution is 5.67. The number of allylic oxidation sites excluding steroid dienone is 2. The minimum absolute atomic E-state index is 0.387. The van der Waals surface area contributed by atoms with Gasteiger partial charge in [-0.3, -0.25) is 4.98 Å². The van der Waals surface area contributed by atoms with Crippen molar-refractivity contribution < 1.29 is 0 Å². The number of fused-ring (bicyclic) bond motifs is 1. The van der Waals surface area contributed by atoms with Gasteiger partial charge in [0.1, 0.15) is 0 Å². The van der Waals surface area contributed by atoms with Gasteiger partial charge in [0.25, 0.3) is 0 Å². The maximum Gasteiger partial charge on any atom is 0.0891 e. The molecule has 1 aromatic heterocycles. The highest BCUT2D eigenvalue weighted by atomic mass is 14.7. The molecule has 0 aliphatic heterocycles. The van der Waals surface area contributed by atoms with E-state index in [4.69, 9.17) is 0 Å². The van der Waals surface area contributed by atoms with E-state index in [9.17, 15) is 0 Å². The molecule has 24 heavy (non-hydrogen) atoms. The lowest BCUT2D eigenvalue weighted by molar-refractivity contribution is 0.954. The van der Waals surface area contributed by atoms with Crippen LogP contribution in [0.2, 0.25) is 0 Å². The molecule has 0 saturated heterocycles. The summed E-state index contributed by atoms with van der Waals surface area (Å²) in [6, 6.07) is 14.0. The highest BCUT2D eigenvalue weighted by Crippen LogP contribution is 2.16. The number of nitrogens with zero attached hydrogens (tertiary/aromatic N) is 2. The summed E-state index contributed by atoms with van der Waals surface area (Å²) in [7, 11) is 0. The summed E-state index contributed by atoms with van der Waals surface area (Å²) in [5.74, 6) is 0.387. The first-order valence-electron chi connectivity index (χ1n) is 7.98. The predicted molar refractivity (Wildman–Crippen MR) is 103 cm³/mol. The molecule has 2 heteroatoms. The van der Waals surface area contributed by atoms with Gasteiger partial charge in [-0.25, -0.2) is 4.98 Å². The van der Waals surface area contributed by atoms with E-state index in [1.54, 1.807) is 6.20 Å². The fourth-order valence-corrected chi connectivity index (χ4v) is 2.53. The van der Waals surface area contributed by atoms with E-state index in [2.05, 4.69) is 54.4 Å². The van der Waals surface area contributed by atoms with Gasteiger partial charge in [-0.2, -0.15) is 0 Å². The van der Waals surface area contributed by atoms with Gasteiger partial charge < -0.3 is 0 Å². The van der Waals surface area contributed by atoms with E-state index in [0.29, 0.717) is 16.6 Å². The Bertz CT molecular complexity index is 955. The molecule has 1 unspecified atom stereocenters. The Kier molecular flexibility index (Phi) is 4.66. The molecule has 2 nitrogen and oxygen atoms in total. The van der Waals surface area contributed by atoms with Crippen LogP contribution in [0.3, 0.4) is 0 Å². The van der Waals surface area contributed by atoms with Crippen molar-refractivity contribution in [2.45, 2.75) is 6.92 Å². The average molecular weight is 312 g/mol. The van der Waals surface area contributed by atoms with Crippen molar-refractivity contribution in [1.29, 1.82) is 0 Å². The Morgan fingerprint density at radius 2 is 1.50 bits per heavy atom. The van der Waals surface area contributed by atoms with Gasteiger partial charge in [0, 0.05) is 5.56 Å². The van der Waals surface area contributed by atoms with E-state index < -0.39 is 0 Å². The third kappa shape index (κ3) is 3.85. The minimum atomic E-state index is 0.387. The normalized spacial score (nSPS) is 15.3. The quantitative estimate of drug-likeness (QED) is 0.801. The molecule has 2 aromatic rings. The Morgan fingerprint density at radius 1 is 0.875 bits per heavy atom. The molecule has 0 radical (unpaired) electrons. The molecule has 0 saturated carbocycles. The standard InChI is InChI=1S/C22H20N2/c1-16-9-11-20-13-17(2)23-15-22(19-7-5-4-6-8-19)24-18(3)14-21(20)12-10-16/h4-16H,2-3H2,1H3. The zero-order chi connectivity index (χ0) is 16.9. The molecule has 0 N–H and O–H groups in total. The first kappa shape index (κ1) is 15.9. The predicted octanol–water partition coefficient (Wildman–Crippen LogP) is 3.76. The highest BCUT2D eigenvalue weighted by Gasteiger charge is 2.01. The first-order valence-corrected chi connectivity index (χ1v) is 7.98. The van der Waals surface area contributed by atoms with E-state index in [1.807, 2.05) is 42.5 Å². The SMILES string of the molecule is C=c1cc2c(cc(=C)nc(-c3ccccc3)cn1)C=CC(C)C=C2. The monoisotopic (exact) mass is 312 g/mol.